The number of anilines is 1. The van der Waals surface area contributed by atoms with Gasteiger partial charge in [0.05, 0.1) is 44.4 Å². The van der Waals surface area contributed by atoms with E-state index in [4.69, 9.17) is 9.84 Å². The number of nitrogens with one attached hydrogen (secondary N) is 1. The van der Waals surface area contributed by atoms with E-state index in [1.54, 1.807) is 17.1 Å². The van der Waals surface area contributed by atoms with Crippen molar-refractivity contribution in [1.29, 1.82) is 0 Å². The van der Waals surface area contributed by atoms with Crippen LogP contribution in [0.2, 0.25) is 0 Å². The molecule has 2 N–H and O–H groups in total. The van der Waals surface area contributed by atoms with E-state index in [9.17, 15) is 0 Å². The van der Waals surface area contributed by atoms with Gasteiger partial charge in [-0.05, 0) is 13.0 Å². The first-order chi connectivity index (χ1) is 9.31. The second-order valence-corrected chi connectivity index (χ2v) is 3.87. The molecule has 19 heavy (non-hydrogen) atoms. The Bertz CT molecular complexity index is 497. The van der Waals surface area contributed by atoms with Gasteiger partial charge < -0.3 is 15.2 Å². The molecule has 0 spiro atoms. The Balaban J connectivity index is 1.86. The van der Waals surface area contributed by atoms with Crippen molar-refractivity contribution < 1.29 is 9.84 Å². The highest BCUT2D eigenvalue weighted by atomic mass is 16.5. The fourth-order valence-electron chi connectivity index (χ4n) is 1.54. The van der Waals surface area contributed by atoms with Gasteiger partial charge in [-0.1, -0.05) is 5.21 Å². The zero-order valence-electron chi connectivity index (χ0n) is 10.8. The van der Waals surface area contributed by atoms with Gasteiger partial charge in [0.15, 0.2) is 0 Å². The standard InChI is InChI=1S/C12H17N5O2/c1-2-19-12-4-3-10(7-14-12)13-8-11-9-17(5-6-18)16-15-11/h3-4,7,9,13,18H,2,5-6,8H2,1H3. The van der Waals surface area contributed by atoms with Crippen LogP contribution in [0.3, 0.4) is 0 Å². The minimum absolute atomic E-state index is 0.0546. The zero-order chi connectivity index (χ0) is 13.5. The van der Waals surface area contributed by atoms with E-state index in [0.29, 0.717) is 25.6 Å². The predicted octanol–water partition coefficient (Wildman–Crippen LogP) is 0.676. The molecule has 2 rings (SSSR count). The highest BCUT2D eigenvalue weighted by Gasteiger charge is 2.01. The monoisotopic (exact) mass is 263 g/mol. The maximum absolute atomic E-state index is 8.78. The van der Waals surface area contributed by atoms with E-state index in [0.717, 1.165) is 11.4 Å². The lowest BCUT2D eigenvalue weighted by Crippen LogP contribution is -2.02. The normalized spacial score (nSPS) is 10.4. The molecular weight excluding hydrogens is 246 g/mol. The summed E-state index contributed by atoms with van der Waals surface area (Å²) in [7, 11) is 0. The Morgan fingerprint density at radius 3 is 3.00 bits per heavy atom. The molecule has 7 heteroatoms. The summed E-state index contributed by atoms with van der Waals surface area (Å²) in [6.45, 7) is 3.59. The van der Waals surface area contributed by atoms with Crippen LogP contribution in [-0.2, 0) is 13.1 Å². The highest BCUT2D eigenvalue weighted by molar-refractivity contribution is 5.42. The van der Waals surface area contributed by atoms with Crippen LogP contribution in [0.25, 0.3) is 0 Å². The Hall–Kier alpha value is -2.15. The lowest BCUT2D eigenvalue weighted by atomic mass is 10.4. The molecule has 0 fully saturated rings. The number of aliphatic hydroxyl groups is 1. The molecule has 2 aromatic rings. The van der Waals surface area contributed by atoms with Gasteiger partial charge in [-0.25, -0.2) is 9.67 Å². The summed E-state index contributed by atoms with van der Waals surface area (Å²) in [6.07, 6.45) is 3.51. The summed E-state index contributed by atoms with van der Waals surface area (Å²) in [5.74, 6) is 0.613. The Morgan fingerprint density at radius 1 is 1.42 bits per heavy atom. The van der Waals surface area contributed by atoms with E-state index in [1.807, 2.05) is 19.1 Å². The molecule has 0 aromatic carbocycles. The Labute approximate surface area is 111 Å². The molecular formula is C12H17N5O2. The van der Waals surface area contributed by atoms with Crippen LogP contribution in [-0.4, -0.2) is 38.3 Å². The fraction of sp³-hybridized carbons (Fsp3) is 0.417. The molecule has 0 saturated carbocycles. The largest absolute Gasteiger partial charge is 0.478 e. The van der Waals surface area contributed by atoms with Crippen LogP contribution >= 0.6 is 0 Å². The van der Waals surface area contributed by atoms with Crippen molar-refractivity contribution >= 4 is 5.69 Å². The molecule has 0 atom stereocenters. The van der Waals surface area contributed by atoms with Crippen LogP contribution < -0.4 is 10.1 Å². The van der Waals surface area contributed by atoms with Crippen molar-refractivity contribution in [2.24, 2.45) is 0 Å². The molecule has 0 aliphatic carbocycles. The van der Waals surface area contributed by atoms with E-state index in [2.05, 4.69) is 20.6 Å². The minimum atomic E-state index is 0.0546. The van der Waals surface area contributed by atoms with Crippen LogP contribution in [0.1, 0.15) is 12.6 Å². The van der Waals surface area contributed by atoms with Crippen molar-refractivity contribution in [3.63, 3.8) is 0 Å². The number of pyridine rings is 1. The molecule has 0 aliphatic heterocycles. The third-order valence-corrected chi connectivity index (χ3v) is 2.42. The Kier molecular flexibility index (Phi) is 4.68. The average Bonchev–Trinajstić information content (AvgIpc) is 2.87. The van der Waals surface area contributed by atoms with Crippen molar-refractivity contribution in [3.05, 3.63) is 30.2 Å². The van der Waals surface area contributed by atoms with E-state index >= 15 is 0 Å². The number of aromatic nitrogens is 4. The van der Waals surface area contributed by atoms with Crippen LogP contribution in [0.15, 0.2) is 24.5 Å². The SMILES string of the molecule is CCOc1ccc(NCc2cn(CCO)nn2)cn1. The summed E-state index contributed by atoms with van der Waals surface area (Å²) >= 11 is 0. The van der Waals surface area contributed by atoms with Gasteiger partial charge >= 0.3 is 0 Å². The minimum Gasteiger partial charge on any atom is -0.478 e. The van der Waals surface area contributed by atoms with Gasteiger partial charge in [0, 0.05) is 6.07 Å². The average molecular weight is 263 g/mol. The number of nitrogens with zero attached hydrogens (tertiary/aromatic N) is 4. The fourth-order valence-corrected chi connectivity index (χ4v) is 1.54. The van der Waals surface area contributed by atoms with Crippen molar-refractivity contribution in [2.75, 3.05) is 18.5 Å². The summed E-state index contributed by atoms with van der Waals surface area (Å²) in [6, 6.07) is 3.71. The Morgan fingerprint density at radius 2 is 2.32 bits per heavy atom. The van der Waals surface area contributed by atoms with E-state index in [-0.39, 0.29) is 6.61 Å². The molecule has 0 saturated heterocycles. The molecule has 2 heterocycles. The van der Waals surface area contributed by atoms with Gasteiger partial charge in [0.2, 0.25) is 5.88 Å². The topological polar surface area (TPSA) is 85.1 Å². The third kappa shape index (κ3) is 3.92. The van der Waals surface area contributed by atoms with Gasteiger partial charge in [-0.15, -0.1) is 5.10 Å². The van der Waals surface area contributed by atoms with Crippen LogP contribution in [0.5, 0.6) is 5.88 Å². The molecule has 0 unspecified atom stereocenters. The summed E-state index contributed by atoms with van der Waals surface area (Å²) in [5.41, 5.74) is 1.70. The first kappa shape index (κ1) is 13.3. The summed E-state index contributed by atoms with van der Waals surface area (Å²) in [4.78, 5) is 4.16. The van der Waals surface area contributed by atoms with E-state index in [1.165, 1.54) is 0 Å². The van der Waals surface area contributed by atoms with Crippen molar-refractivity contribution in [2.45, 2.75) is 20.0 Å². The maximum Gasteiger partial charge on any atom is 0.213 e. The highest BCUT2D eigenvalue weighted by Crippen LogP contribution is 2.12. The quantitative estimate of drug-likeness (QED) is 0.764. The first-order valence-corrected chi connectivity index (χ1v) is 6.14. The molecule has 0 amide bonds. The second kappa shape index (κ2) is 6.69. The molecule has 0 aliphatic rings. The first-order valence-electron chi connectivity index (χ1n) is 6.14. The van der Waals surface area contributed by atoms with Gasteiger partial charge in [-0.3, -0.25) is 0 Å². The maximum atomic E-state index is 8.78. The third-order valence-electron chi connectivity index (χ3n) is 2.42. The number of hydrogen-bond acceptors (Lipinski definition) is 6. The predicted molar refractivity (Wildman–Crippen MR) is 69.8 cm³/mol. The lowest BCUT2D eigenvalue weighted by Gasteiger charge is -2.05. The smallest absolute Gasteiger partial charge is 0.213 e. The van der Waals surface area contributed by atoms with Crippen LogP contribution in [0, 0.1) is 0 Å². The molecule has 102 valence electrons. The van der Waals surface area contributed by atoms with E-state index < -0.39 is 0 Å². The van der Waals surface area contributed by atoms with Gasteiger partial charge in [0.25, 0.3) is 0 Å². The van der Waals surface area contributed by atoms with Crippen molar-refractivity contribution in [1.82, 2.24) is 20.0 Å². The summed E-state index contributed by atoms with van der Waals surface area (Å²) in [5, 5.41) is 19.9. The molecule has 2 aromatic heterocycles. The summed E-state index contributed by atoms with van der Waals surface area (Å²) < 4.78 is 6.87. The van der Waals surface area contributed by atoms with Gasteiger partial charge in [0.1, 0.15) is 5.69 Å². The lowest BCUT2D eigenvalue weighted by molar-refractivity contribution is 0.268. The number of rotatable bonds is 7. The second-order valence-electron chi connectivity index (χ2n) is 3.87. The van der Waals surface area contributed by atoms with Gasteiger partial charge in [-0.2, -0.15) is 0 Å². The number of aliphatic hydroxyl groups excluding tert-OH is 1. The molecule has 7 nitrogen and oxygen atoms in total. The zero-order valence-corrected chi connectivity index (χ0v) is 10.8. The molecule has 0 bridgehead atoms. The molecule has 0 radical (unpaired) electrons. The van der Waals surface area contributed by atoms with Crippen molar-refractivity contribution in [3.8, 4) is 5.88 Å². The number of ether oxygens (including phenoxy) is 1. The number of hydrogen-bond donors (Lipinski definition) is 2. The van der Waals surface area contributed by atoms with Crippen LogP contribution in [0.4, 0.5) is 5.69 Å².